The Kier molecular flexibility index (Phi) is 7.00. The van der Waals surface area contributed by atoms with Crippen molar-refractivity contribution in [2.75, 3.05) is 5.32 Å². The number of benzene rings is 1. The van der Waals surface area contributed by atoms with E-state index in [1.165, 1.54) is 0 Å². The largest absolute Gasteiger partial charge is 0.348 e. The maximum atomic E-state index is 13.2. The molecule has 0 unspecified atom stereocenters. The Balaban J connectivity index is 2.63. The minimum absolute atomic E-state index is 0.152. The highest BCUT2D eigenvalue weighted by Crippen LogP contribution is 2.24. The zero-order valence-corrected chi connectivity index (χ0v) is 17.5. The zero-order chi connectivity index (χ0) is 20.1. The van der Waals surface area contributed by atoms with Crippen LogP contribution in [0.2, 0.25) is 0 Å². The van der Waals surface area contributed by atoms with E-state index in [0.717, 1.165) is 54.0 Å². The van der Waals surface area contributed by atoms with Crippen molar-refractivity contribution >= 4 is 11.6 Å². The van der Waals surface area contributed by atoms with Crippen LogP contribution in [0, 0.1) is 13.8 Å². The third-order valence-electron chi connectivity index (χ3n) is 5.38. The predicted molar refractivity (Wildman–Crippen MR) is 113 cm³/mol. The molecule has 0 bridgehead atoms. The summed E-state index contributed by atoms with van der Waals surface area (Å²) in [6.45, 7) is 12.9. The molecule has 0 spiro atoms. The summed E-state index contributed by atoms with van der Waals surface area (Å²) in [7, 11) is 0. The summed E-state index contributed by atoms with van der Waals surface area (Å²) < 4.78 is 2.14. The smallest absolute Gasteiger partial charge is 0.261 e. The van der Waals surface area contributed by atoms with Gasteiger partial charge in [-0.05, 0) is 50.7 Å². The Morgan fingerprint density at radius 1 is 1.00 bits per heavy atom. The number of hydrogen-bond acceptors (Lipinski definition) is 2. The standard InChI is InChI=1S/C23H32N2O2/c1-7-14-25-16(6)15(5)22(26)20(19(25)10-4)23(27)24-21-17(8-2)12-11-13-18(21)9-3/h11-13H,7-10,14H2,1-6H3,(H,24,27). The summed E-state index contributed by atoms with van der Waals surface area (Å²) in [6, 6.07) is 6.09. The second kappa shape index (κ2) is 9.03. The fourth-order valence-corrected chi connectivity index (χ4v) is 3.73. The quantitative estimate of drug-likeness (QED) is 0.762. The molecule has 1 heterocycles. The summed E-state index contributed by atoms with van der Waals surface area (Å²) in [5.41, 5.74) is 5.63. The highest BCUT2D eigenvalue weighted by molar-refractivity contribution is 6.06. The van der Waals surface area contributed by atoms with Gasteiger partial charge in [0.15, 0.2) is 5.43 Å². The van der Waals surface area contributed by atoms with E-state index in [-0.39, 0.29) is 11.3 Å². The van der Waals surface area contributed by atoms with Gasteiger partial charge in [0.05, 0.1) is 0 Å². The lowest BCUT2D eigenvalue weighted by atomic mass is 10.0. The van der Waals surface area contributed by atoms with Crippen molar-refractivity contribution in [2.24, 2.45) is 0 Å². The average Bonchev–Trinajstić information content (AvgIpc) is 2.68. The highest BCUT2D eigenvalue weighted by atomic mass is 16.2. The minimum Gasteiger partial charge on any atom is -0.348 e. The molecule has 1 aromatic carbocycles. The van der Waals surface area contributed by atoms with Crippen LogP contribution in [0.1, 0.15) is 72.6 Å². The Labute approximate surface area is 162 Å². The number of aromatic nitrogens is 1. The first-order valence-corrected chi connectivity index (χ1v) is 10.1. The normalized spacial score (nSPS) is 10.9. The van der Waals surface area contributed by atoms with Crippen molar-refractivity contribution in [1.82, 2.24) is 4.57 Å². The molecule has 1 aromatic heterocycles. The van der Waals surface area contributed by atoms with Gasteiger partial charge in [0.25, 0.3) is 5.91 Å². The molecule has 0 aliphatic carbocycles. The molecule has 0 aliphatic rings. The van der Waals surface area contributed by atoms with Crippen molar-refractivity contribution in [2.45, 2.75) is 73.8 Å². The van der Waals surface area contributed by atoms with E-state index in [4.69, 9.17) is 0 Å². The molecule has 27 heavy (non-hydrogen) atoms. The van der Waals surface area contributed by atoms with Crippen molar-refractivity contribution in [3.05, 3.63) is 62.1 Å². The molecule has 0 fully saturated rings. The number of carbonyl (C=O) groups is 1. The van der Waals surface area contributed by atoms with Gasteiger partial charge >= 0.3 is 0 Å². The topological polar surface area (TPSA) is 51.1 Å². The van der Waals surface area contributed by atoms with E-state index in [0.29, 0.717) is 17.5 Å². The Morgan fingerprint density at radius 3 is 2.07 bits per heavy atom. The molecule has 0 atom stereocenters. The lowest BCUT2D eigenvalue weighted by molar-refractivity contribution is 0.102. The molecule has 146 valence electrons. The first kappa shape index (κ1) is 20.9. The third kappa shape index (κ3) is 4.00. The molecule has 0 aliphatic heterocycles. The van der Waals surface area contributed by atoms with Gasteiger partial charge in [-0.2, -0.15) is 0 Å². The monoisotopic (exact) mass is 368 g/mol. The summed E-state index contributed by atoms with van der Waals surface area (Å²) in [4.78, 5) is 26.2. The lowest BCUT2D eigenvalue weighted by Gasteiger charge is -2.21. The van der Waals surface area contributed by atoms with Crippen LogP contribution in [-0.2, 0) is 25.8 Å². The molecule has 0 saturated heterocycles. The molecule has 2 rings (SSSR count). The van der Waals surface area contributed by atoms with Crippen LogP contribution >= 0.6 is 0 Å². The van der Waals surface area contributed by atoms with Crippen molar-refractivity contribution in [1.29, 1.82) is 0 Å². The van der Waals surface area contributed by atoms with Crippen molar-refractivity contribution in [3.63, 3.8) is 0 Å². The highest BCUT2D eigenvalue weighted by Gasteiger charge is 2.22. The number of hydrogen-bond donors (Lipinski definition) is 1. The van der Waals surface area contributed by atoms with Gasteiger partial charge in [-0.1, -0.05) is 45.9 Å². The van der Waals surface area contributed by atoms with Gasteiger partial charge in [0, 0.05) is 29.2 Å². The van der Waals surface area contributed by atoms with E-state index >= 15 is 0 Å². The summed E-state index contributed by atoms with van der Waals surface area (Å²) in [5, 5.41) is 3.08. The molecule has 4 nitrogen and oxygen atoms in total. The van der Waals surface area contributed by atoms with Crippen molar-refractivity contribution in [3.8, 4) is 0 Å². The molecule has 0 radical (unpaired) electrons. The molecule has 1 amide bonds. The Morgan fingerprint density at radius 2 is 1.59 bits per heavy atom. The van der Waals surface area contributed by atoms with Crippen LogP contribution in [0.15, 0.2) is 23.0 Å². The second-order valence-corrected chi connectivity index (χ2v) is 6.98. The van der Waals surface area contributed by atoms with Crippen LogP contribution in [0.4, 0.5) is 5.69 Å². The Bertz CT molecular complexity index is 872. The fourth-order valence-electron chi connectivity index (χ4n) is 3.73. The third-order valence-corrected chi connectivity index (χ3v) is 5.38. The van der Waals surface area contributed by atoms with Gasteiger partial charge in [0.2, 0.25) is 0 Å². The molecule has 4 heteroatoms. The van der Waals surface area contributed by atoms with Gasteiger partial charge < -0.3 is 9.88 Å². The molecule has 1 N–H and O–H groups in total. The van der Waals surface area contributed by atoms with E-state index in [9.17, 15) is 9.59 Å². The van der Waals surface area contributed by atoms with E-state index in [1.54, 1.807) is 0 Å². The van der Waals surface area contributed by atoms with E-state index in [1.807, 2.05) is 39.0 Å². The summed E-state index contributed by atoms with van der Waals surface area (Å²) in [5.74, 6) is -0.291. The first-order chi connectivity index (χ1) is 12.9. The maximum absolute atomic E-state index is 13.2. The predicted octanol–water partition coefficient (Wildman–Crippen LogP) is 4.81. The number of para-hydroxylation sites is 1. The van der Waals surface area contributed by atoms with Gasteiger partial charge in [-0.25, -0.2) is 0 Å². The summed E-state index contributed by atoms with van der Waals surface area (Å²) >= 11 is 0. The minimum atomic E-state index is -0.291. The molecular formula is C23H32N2O2. The average molecular weight is 369 g/mol. The van der Waals surface area contributed by atoms with Crippen LogP contribution in [0.3, 0.4) is 0 Å². The zero-order valence-electron chi connectivity index (χ0n) is 17.5. The number of nitrogens with one attached hydrogen (secondary N) is 1. The second-order valence-electron chi connectivity index (χ2n) is 6.98. The number of amides is 1. The van der Waals surface area contributed by atoms with E-state index in [2.05, 4.69) is 30.7 Å². The number of pyridine rings is 1. The number of anilines is 1. The SMILES string of the molecule is CCCn1c(C)c(C)c(=O)c(C(=O)Nc2c(CC)cccc2CC)c1CC. The molecule has 0 saturated carbocycles. The van der Waals surface area contributed by atoms with Crippen LogP contribution < -0.4 is 10.7 Å². The van der Waals surface area contributed by atoms with Crippen molar-refractivity contribution < 1.29 is 4.79 Å². The van der Waals surface area contributed by atoms with Gasteiger partial charge in [-0.3, -0.25) is 9.59 Å². The number of rotatable bonds is 7. The van der Waals surface area contributed by atoms with Crippen LogP contribution in [0.5, 0.6) is 0 Å². The number of aryl methyl sites for hydroxylation is 2. The van der Waals surface area contributed by atoms with Gasteiger partial charge in [-0.15, -0.1) is 0 Å². The van der Waals surface area contributed by atoms with Crippen LogP contribution in [0.25, 0.3) is 0 Å². The maximum Gasteiger partial charge on any atom is 0.261 e. The fraction of sp³-hybridized carbons (Fsp3) is 0.478. The van der Waals surface area contributed by atoms with Crippen LogP contribution in [-0.4, -0.2) is 10.5 Å². The number of carbonyl (C=O) groups excluding carboxylic acids is 1. The lowest BCUT2D eigenvalue weighted by Crippen LogP contribution is -2.31. The number of nitrogens with zero attached hydrogens (tertiary/aromatic N) is 1. The Hall–Kier alpha value is -2.36. The first-order valence-electron chi connectivity index (χ1n) is 10.1. The molecule has 2 aromatic rings. The van der Waals surface area contributed by atoms with Gasteiger partial charge in [0.1, 0.15) is 5.56 Å². The summed E-state index contributed by atoms with van der Waals surface area (Å²) in [6.07, 6.45) is 3.26. The van der Waals surface area contributed by atoms with E-state index < -0.39 is 0 Å². The molecular weight excluding hydrogens is 336 g/mol.